The Balaban J connectivity index is 3.06. The van der Waals surface area contributed by atoms with Crippen LogP contribution in [0, 0.1) is 6.92 Å². The van der Waals surface area contributed by atoms with Gasteiger partial charge in [0, 0.05) is 12.6 Å². The molecule has 4 nitrogen and oxygen atoms in total. The van der Waals surface area contributed by atoms with Crippen LogP contribution >= 0.6 is 0 Å². The average Bonchev–Trinajstić information content (AvgIpc) is 2.08. The molecule has 7 heteroatoms. The van der Waals surface area contributed by atoms with Gasteiger partial charge < -0.3 is 16.2 Å². The molecule has 0 spiro atoms. The number of nitrogens with two attached hydrogens (primary N) is 2. The highest BCUT2D eigenvalue weighted by Crippen LogP contribution is 2.25. The van der Waals surface area contributed by atoms with E-state index in [0.717, 1.165) is 6.07 Å². The van der Waals surface area contributed by atoms with Gasteiger partial charge in [-0.3, -0.25) is 0 Å². The standard InChI is InChI=1S/C8H10F3N3O/c1-4-5(3-12)2-6(14-7(4)13)15-8(9,10)11/h2H,3,12H2,1H3,(H2,13,14). The molecule has 0 aliphatic carbocycles. The number of hydrogen-bond acceptors (Lipinski definition) is 4. The average molecular weight is 221 g/mol. The Labute approximate surface area is 84.0 Å². The molecule has 0 aliphatic heterocycles. The summed E-state index contributed by atoms with van der Waals surface area (Å²) in [6.07, 6.45) is -4.78. The second-order valence-corrected chi connectivity index (χ2v) is 2.88. The predicted molar refractivity (Wildman–Crippen MR) is 48.0 cm³/mol. The maximum atomic E-state index is 11.9. The fraction of sp³-hybridized carbons (Fsp3) is 0.375. The minimum atomic E-state index is -4.78. The molecule has 1 aromatic heterocycles. The molecule has 0 fully saturated rings. The maximum absolute atomic E-state index is 11.9. The zero-order valence-corrected chi connectivity index (χ0v) is 7.93. The van der Waals surface area contributed by atoms with Crippen molar-refractivity contribution in [2.24, 2.45) is 5.73 Å². The molecule has 15 heavy (non-hydrogen) atoms. The number of ether oxygens (including phenoxy) is 1. The van der Waals surface area contributed by atoms with E-state index in [0.29, 0.717) is 11.1 Å². The van der Waals surface area contributed by atoms with Gasteiger partial charge in [0.1, 0.15) is 5.82 Å². The SMILES string of the molecule is Cc1c(CN)cc(OC(F)(F)F)nc1N. The van der Waals surface area contributed by atoms with E-state index in [1.165, 1.54) is 0 Å². The van der Waals surface area contributed by atoms with E-state index in [9.17, 15) is 13.2 Å². The van der Waals surface area contributed by atoms with Crippen molar-refractivity contribution < 1.29 is 17.9 Å². The van der Waals surface area contributed by atoms with Crippen LogP contribution in [0.3, 0.4) is 0 Å². The summed E-state index contributed by atoms with van der Waals surface area (Å²) < 4.78 is 39.3. The van der Waals surface area contributed by atoms with Crippen LogP contribution in [0.15, 0.2) is 6.07 Å². The maximum Gasteiger partial charge on any atom is 0.574 e. The lowest BCUT2D eigenvalue weighted by molar-refractivity contribution is -0.276. The normalized spacial score (nSPS) is 11.5. The minimum Gasteiger partial charge on any atom is -0.388 e. The van der Waals surface area contributed by atoms with E-state index >= 15 is 0 Å². The number of pyridine rings is 1. The molecule has 1 aromatic rings. The van der Waals surface area contributed by atoms with Crippen LogP contribution in [-0.2, 0) is 6.54 Å². The first kappa shape index (κ1) is 11.6. The number of hydrogen-bond donors (Lipinski definition) is 2. The predicted octanol–water partition coefficient (Wildman–Crippen LogP) is 1.33. The highest BCUT2D eigenvalue weighted by Gasteiger charge is 2.32. The van der Waals surface area contributed by atoms with Crippen molar-refractivity contribution in [3.05, 3.63) is 17.2 Å². The van der Waals surface area contributed by atoms with E-state index in [1.807, 2.05) is 0 Å². The molecule has 0 saturated carbocycles. The molecule has 84 valence electrons. The molecule has 1 heterocycles. The van der Waals surface area contributed by atoms with Crippen LogP contribution in [0.25, 0.3) is 0 Å². The van der Waals surface area contributed by atoms with Gasteiger partial charge >= 0.3 is 6.36 Å². The van der Waals surface area contributed by atoms with Gasteiger partial charge in [-0.2, -0.15) is 4.98 Å². The molecule has 0 amide bonds. The zero-order chi connectivity index (χ0) is 11.6. The van der Waals surface area contributed by atoms with Crippen molar-refractivity contribution in [2.75, 3.05) is 5.73 Å². The van der Waals surface area contributed by atoms with Crippen LogP contribution in [0.1, 0.15) is 11.1 Å². The Hall–Kier alpha value is -1.50. The molecule has 1 rings (SSSR count). The fourth-order valence-corrected chi connectivity index (χ4v) is 1.04. The van der Waals surface area contributed by atoms with Crippen LogP contribution < -0.4 is 16.2 Å². The summed E-state index contributed by atoms with van der Waals surface area (Å²) in [4.78, 5) is 3.45. The lowest BCUT2D eigenvalue weighted by atomic mass is 10.1. The smallest absolute Gasteiger partial charge is 0.388 e. The van der Waals surface area contributed by atoms with E-state index in [2.05, 4.69) is 9.72 Å². The summed E-state index contributed by atoms with van der Waals surface area (Å²) in [6.45, 7) is 1.70. The van der Waals surface area contributed by atoms with Gasteiger partial charge in [-0.25, -0.2) is 0 Å². The molecule has 4 N–H and O–H groups in total. The summed E-state index contributed by atoms with van der Waals surface area (Å²) in [6, 6.07) is 1.12. The van der Waals surface area contributed by atoms with Crippen molar-refractivity contribution >= 4 is 5.82 Å². The van der Waals surface area contributed by atoms with Gasteiger partial charge in [0.25, 0.3) is 0 Å². The third-order valence-corrected chi connectivity index (χ3v) is 1.83. The third kappa shape index (κ3) is 2.98. The summed E-state index contributed by atoms with van der Waals surface area (Å²) in [5.41, 5.74) is 11.8. The Morgan fingerprint density at radius 3 is 2.53 bits per heavy atom. The quantitative estimate of drug-likeness (QED) is 0.790. The molecule has 0 unspecified atom stereocenters. The second-order valence-electron chi connectivity index (χ2n) is 2.88. The Morgan fingerprint density at radius 1 is 1.47 bits per heavy atom. The monoisotopic (exact) mass is 221 g/mol. The molecule has 0 saturated heterocycles. The molecule has 0 atom stereocenters. The summed E-state index contributed by atoms with van der Waals surface area (Å²) in [7, 11) is 0. The van der Waals surface area contributed by atoms with E-state index < -0.39 is 12.2 Å². The molecule has 0 bridgehead atoms. The number of halogens is 3. The van der Waals surface area contributed by atoms with Gasteiger partial charge in [-0.05, 0) is 18.1 Å². The van der Waals surface area contributed by atoms with E-state index in [-0.39, 0.29) is 12.4 Å². The first-order chi connectivity index (χ1) is 6.83. The van der Waals surface area contributed by atoms with Crippen molar-refractivity contribution in [1.82, 2.24) is 4.98 Å². The van der Waals surface area contributed by atoms with Crippen LogP contribution in [0.4, 0.5) is 19.0 Å². The Bertz CT molecular complexity index is 365. The number of anilines is 1. The van der Waals surface area contributed by atoms with Gasteiger partial charge in [0.05, 0.1) is 0 Å². The number of nitrogen functional groups attached to an aromatic ring is 1. The van der Waals surface area contributed by atoms with Crippen LogP contribution in [0.2, 0.25) is 0 Å². The summed E-state index contributed by atoms with van der Waals surface area (Å²) in [5.74, 6) is -0.608. The summed E-state index contributed by atoms with van der Waals surface area (Å²) in [5, 5.41) is 0. The highest BCUT2D eigenvalue weighted by atomic mass is 19.4. The number of rotatable bonds is 2. The first-order valence-corrected chi connectivity index (χ1v) is 4.05. The third-order valence-electron chi connectivity index (χ3n) is 1.83. The van der Waals surface area contributed by atoms with Crippen molar-refractivity contribution in [1.29, 1.82) is 0 Å². The molecule has 0 aromatic carbocycles. The van der Waals surface area contributed by atoms with Gasteiger partial charge in [-0.1, -0.05) is 0 Å². The van der Waals surface area contributed by atoms with Crippen molar-refractivity contribution in [2.45, 2.75) is 19.8 Å². The van der Waals surface area contributed by atoms with Gasteiger partial charge in [0.15, 0.2) is 0 Å². The van der Waals surface area contributed by atoms with E-state index in [1.54, 1.807) is 6.92 Å². The number of alkyl halides is 3. The topological polar surface area (TPSA) is 74.2 Å². The Morgan fingerprint density at radius 2 is 2.07 bits per heavy atom. The second kappa shape index (κ2) is 3.93. The van der Waals surface area contributed by atoms with Gasteiger partial charge in [-0.15, -0.1) is 13.2 Å². The largest absolute Gasteiger partial charge is 0.574 e. The van der Waals surface area contributed by atoms with Crippen LogP contribution in [-0.4, -0.2) is 11.3 Å². The van der Waals surface area contributed by atoms with Crippen LogP contribution in [0.5, 0.6) is 5.88 Å². The minimum absolute atomic E-state index is 0.0165. The molecule has 0 radical (unpaired) electrons. The number of nitrogens with zero attached hydrogens (tertiary/aromatic N) is 1. The van der Waals surface area contributed by atoms with Crippen molar-refractivity contribution in [3.63, 3.8) is 0 Å². The highest BCUT2D eigenvalue weighted by molar-refractivity contribution is 5.46. The lowest BCUT2D eigenvalue weighted by Crippen LogP contribution is -2.19. The number of aromatic nitrogens is 1. The first-order valence-electron chi connectivity index (χ1n) is 4.05. The molecule has 0 aliphatic rings. The molecular formula is C8H10F3N3O. The van der Waals surface area contributed by atoms with Crippen molar-refractivity contribution in [3.8, 4) is 5.88 Å². The lowest BCUT2D eigenvalue weighted by Gasteiger charge is -2.11. The van der Waals surface area contributed by atoms with E-state index in [4.69, 9.17) is 11.5 Å². The Kier molecular flexibility index (Phi) is 3.04. The van der Waals surface area contributed by atoms with Gasteiger partial charge in [0.2, 0.25) is 5.88 Å². The summed E-state index contributed by atoms with van der Waals surface area (Å²) >= 11 is 0. The molecular weight excluding hydrogens is 211 g/mol. The zero-order valence-electron chi connectivity index (χ0n) is 7.93. The fourth-order valence-electron chi connectivity index (χ4n) is 1.04.